The maximum Gasteiger partial charge on any atom is 0.167 e. The Bertz CT molecular complexity index is 459. The number of benzene rings is 1. The van der Waals surface area contributed by atoms with Crippen LogP contribution >= 0.6 is 40.1 Å². The van der Waals surface area contributed by atoms with Gasteiger partial charge in [0.25, 0.3) is 0 Å². The lowest BCUT2D eigenvalue weighted by Crippen LogP contribution is -1.89. The van der Waals surface area contributed by atoms with E-state index in [0.29, 0.717) is 0 Å². The summed E-state index contributed by atoms with van der Waals surface area (Å²) < 4.78 is 3.16. The van der Waals surface area contributed by atoms with Gasteiger partial charge in [0.2, 0.25) is 0 Å². The third-order valence-corrected chi connectivity index (χ3v) is 3.66. The number of aryl methyl sites for hydroxylation is 1. The minimum Gasteiger partial charge on any atom is -0.329 e. The molecule has 0 bridgehead atoms. The third-order valence-electron chi connectivity index (χ3n) is 2.03. The molecule has 1 heterocycles. The first-order valence-corrected chi connectivity index (χ1v) is 6.38. The predicted molar refractivity (Wildman–Crippen MR) is 74.2 cm³/mol. The van der Waals surface area contributed by atoms with E-state index in [-0.39, 0.29) is 12.4 Å². The fourth-order valence-electron chi connectivity index (χ4n) is 1.27. The second-order valence-electron chi connectivity index (χ2n) is 3.24. The molecule has 0 aliphatic carbocycles. The van der Waals surface area contributed by atoms with Crippen LogP contribution in [0.1, 0.15) is 5.56 Å². The number of nitrogens with zero attached hydrogens (tertiary/aromatic N) is 2. The first-order chi connectivity index (χ1) is 7.25. The zero-order valence-corrected chi connectivity index (χ0v) is 12.0. The van der Waals surface area contributed by atoms with Gasteiger partial charge in [-0.05, 0) is 17.7 Å². The van der Waals surface area contributed by atoms with Crippen molar-refractivity contribution < 1.29 is 0 Å². The summed E-state index contributed by atoms with van der Waals surface area (Å²) in [5.74, 6) is 0.949. The first kappa shape index (κ1) is 13.6. The van der Waals surface area contributed by atoms with Gasteiger partial charge in [-0.1, -0.05) is 39.8 Å². The number of hydrogen-bond donors (Lipinski definition) is 0. The van der Waals surface area contributed by atoms with Crippen molar-refractivity contribution >= 4 is 40.1 Å². The zero-order chi connectivity index (χ0) is 10.7. The summed E-state index contributed by atoms with van der Waals surface area (Å²) in [5.41, 5.74) is 1.30. The van der Waals surface area contributed by atoms with Gasteiger partial charge in [0.15, 0.2) is 5.16 Å². The van der Waals surface area contributed by atoms with Crippen LogP contribution in [0.2, 0.25) is 0 Å². The topological polar surface area (TPSA) is 17.8 Å². The predicted octanol–water partition coefficient (Wildman–Crippen LogP) is 3.90. The molecule has 2 nitrogen and oxygen atoms in total. The van der Waals surface area contributed by atoms with Crippen molar-refractivity contribution in [3.05, 3.63) is 46.7 Å². The van der Waals surface area contributed by atoms with Gasteiger partial charge in [-0.2, -0.15) is 0 Å². The fraction of sp³-hybridized carbons (Fsp3) is 0.182. The first-order valence-electron chi connectivity index (χ1n) is 4.60. The number of rotatable bonds is 3. The summed E-state index contributed by atoms with van der Waals surface area (Å²) in [7, 11) is 2.01. The van der Waals surface area contributed by atoms with Gasteiger partial charge in [-0.3, -0.25) is 0 Å². The smallest absolute Gasteiger partial charge is 0.167 e. The zero-order valence-electron chi connectivity index (χ0n) is 8.76. The fourth-order valence-corrected chi connectivity index (χ4v) is 2.59. The molecule has 0 atom stereocenters. The molecule has 0 radical (unpaired) electrons. The van der Waals surface area contributed by atoms with Crippen LogP contribution in [0.3, 0.4) is 0 Å². The highest BCUT2D eigenvalue weighted by atomic mass is 79.9. The average Bonchev–Trinajstić information content (AvgIpc) is 2.61. The van der Waals surface area contributed by atoms with Crippen LogP contribution in [-0.2, 0) is 12.8 Å². The van der Waals surface area contributed by atoms with Crippen molar-refractivity contribution in [3.8, 4) is 0 Å². The maximum absolute atomic E-state index is 4.27. The van der Waals surface area contributed by atoms with Crippen molar-refractivity contribution in [1.29, 1.82) is 0 Å². The van der Waals surface area contributed by atoms with E-state index in [1.165, 1.54) is 5.56 Å². The van der Waals surface area contributed by atoms with Crippen molar-refractivity contribution in [2.75, 3.05) is 0 Å². The molecule has 2 rings (SSSR count). The average molecular weight is 320 g/mol. The summed E-state index contributed by atoms with van der Waals surface area (Å²) in [6.07, 6.45) is 3.78. The molecule has 0 aliphatic heterocycles. The molecule has 0 N–H and O–H groups in total. The second-order valence-corrected chi connectivity index (χ2v) is 5.10. The van der Waals surface area contributed by atoms with Crippen LogP contribution in [0.5, 0.6) is 0 Å². The summed E-state index contributed by atoms with van der Waals surface area (Å²) in [6.45, 7) is 0. The van der Waals surface area contributed by atoms with E-state index in [1.54, 1.807) is 11.8 Å². The second kappa shape index (κ2) is 6.33. The lowest BCUT2D eigenvalue weighted by atomic mass is 10.2. The number of imidazole rings is 1. The maximum atomic E-state index is 4.27. The highest BCUT2D eigenvalue weighted by Gasteiger charge is 2.00. The van der Waals surface area contributed by atoms with Crippen LogP contribution in [0.25, 0.3) is 0 Å². The van der Waals surface area contributed by atoms with Crippen LogP contribution in [0.15, 0.2) is 46.3 Å². The van der Waals surface area contributed by atoms with E-state index >= 15 is 0 Å². The Balaban J connectivity index is 0.00000128. The van der Waals surface area contributed by atoms with Gasteiger partial charge in [-0.15, -0.1) is 12.4 Å². The monoisotopic (exact) mass is 318 g/mol. The van der Waals surface area contributed by atoms with Crippen LogP contribution in [-0.4, -0.2) is 9.55 Å². The van der Waals surface area contributed by atoms with Gasteiger partial charge < -0.3 is 4.57 Å². The molecule has 1 aromatic carbocycles. The standard InChI is InChI=1S/C11H11BrN2S.ClH/c1-14-6-5-13-11(14)15-8-9-3-2-4-10(12)7-9;/h2-7H,8H2,1H3;1H. The van der Waals surface area contributed by atoms with Crippen molar-refractivity contribution in [2.24, 2.45) is 7.05 Å². The van der Waals surface area contributed by atoms with Gasteiger partial charge in [0.1, 0.15) is 0 Å². The third kappa shape index (κ3) is 3.54. The highest BCUT2D eigenvalue weighted by molar-refractivity contribution is 9.10. The quantitative estimate of drug-likeness (QED) is 0.799. The Morgan fingerprint density at radius 1 is 1.44 bits per heavy atom. The number of hydrogen-bond acceptors (Lipinski definition) is 2. The molecule has 2 aromatic rings. The SMILES string of the molecule is Cl.Cn1ccnc1SCc1cccc(Br)c1. The Hall–Kier alpha value is -0.450. The molecule has 0 saturated carbocycles. The largest absolute Gasteiger partial charge is 0.329 e. The van der Waals surface area contributed by atoms with Crippen LogP contribution in [0.4, 0.5) is 0 Å². The minimum absolute atomic E-state index is 0. The molecule has 0 unspecified atom stereocenters. The Morgan fingerprint density at radius 3 is 2.88 bits per heavy atom. The van der Waals surface area contributed by atoms with E-state index in [2.05, 4.69) is 39.1 Å². The molecular weight excluding hydrogens is 308 g/mol. The van der Waals surface area contributed by atoms with Crippen molar-refractivity contribution in [3.63, 3.8) is 0 Å². The van der Waals surface area contributed by atoms with Gasteiger partial charge in [0, 0.05) is 29.7 Å². The van der Waals surface area contributed by atoms with E-state index < -0.39 is 0 Å². The van der Waals surface area contributed by atoms with E-state index in [0.717, 1.165) is 15.4 Å². The number of halogens is 2. The summed E-state index contributed by atoms with van der Waals surface area (Å²) in [5, 5.41) is 1.05. The van der Waals surface area contributed by atoms with Gasteiger partial charge in [0.05, 0.1) is 0 Å². The summed E-state index contributed by atoms with van der Waals surface area (Å²) in [4.78, 5) is 4.27. The minimum atomic E-state index is 0. The van der Waals surface area contributed by atoms with E-state index in [9.17, 15) is 0 Å². The molecule has 86 valence electrons. The van der Waals surface area contributed by atoms with Gasteiger partial charge in [-0.25, -0.2) is 4.98 Å². The normalized spacial score (nSPS) is 9.88. The highest BCUT2D eigenvalue weighted by Crippen LogP contribution is 2.22. The molecule has 16 heavy (non-hydrogen) atoms. The number of aromatic nitrogens is 2. The van der Waals surface area contributed by atoms with Crippen molar-refractivity contribution in [1.82, 2.24) is 9.55 Å². The summed E-state index contributed by atoms with van der Waals surface area (Å²) >= 11 is 5.21. The Morgan fingerprint density at radius 2 is 2.25 bits per heavy atom. The van der Waals surface area contributed by atoms with Crippen LogP contribution in [0, 0.1) is 0 Å². The van der Waals surface area contributed by atoms with Crippen LogP contribution < -0.4 is 0 Å². The summed E-state index contributed by atoms with van der Waals surface area (Å²) in [6, 6.07) is 8.35. The molecular formula is C11H12BrClN2S. The molecule has 0 amide bonds. The molecule has 0 saturated heterocycles. The molecule has 0 spiro atoms. The molecule has 0 aliphatic rings. The van der Waals surface area contributed by atoms with E-state index in [4.69, 9.17) is 0 Å². The lowest BCUT2D eigenvalue weighted by Gasteiger charge is -2.02. The van der Waals surface area contributed by atoms with Crippen molar-refractivity contribution in [2.45, 2.75) is 10.9 Å². The molecule has 5 heteroatoms. The molecule has 1 aromatic heterocycles. The molecule has 0 fully saturated rings. The Kier molecular flexibility index (Phi) is 5.38. The lowest BCUT2D eigenvalue weighted by molar-refractivity contribution is 0.790. The number of thioether (sulfide) groups is 1. The van der Waals surface area contributed by atoms with E-state index in [1.807, 2.05) is 30.1 Å². The Labute approximate surface area is 114 Å². The van der Waals surface area contributed by atoms with Gasteiger partial charge >= 0.3 is 0 Å².